The molecule has 0 N–H and O–H groups in total. The zero-order valence-corrected chi connectivity index (χ0v) is 29.3. The van der Waals surface area contributed by atoms with Gasteiger partial charge in [0.2, 0.25) is 0 Å². The number of hydrogen-bond donors (Lipinski definition) is 0. The van der Waals surface area contributed by atoms with E-state index in [0.29, 0.717) is 0 Å². The molecule has 2 aromatic rings. The second-order valence-corrected chi connectivity index (χ2v) is 14.9. The average Bonchev–Trinajstić information content (AvgIpc) is 3.42. The topological polar surface area (TPSA) is 0 Å². The van der Waals surface area contributed by atoms with E-state index < -0.39 is 0 Å². The normalized spacial score (nSPS) is 13.0. The Hall–Kier alpha value is -0.747. The molecule has 2 aromatic carbocycles. The summed E-state index contributed by atoms with van der Waals surface area (Å²) in [4.78, 5) is 0. The maximum atomic E-state index is 3.53. The fraction of sp³-hybridized carbons (Fsp3) is 0.514. The Kier molecular flexibility index (Phi) is 16.2. The van der Waals surface area contributed by atoms with E-state index in [1.54, 1.807) is 27.4 Å². The molecule has 0 bridgehead atoms. The number of fused-ring (bicyclic) bond motifs is 3. The number of rotatable bonds is 4. The molecule has 0 aliphatic heterocycles. The largest absolute Gasteiger partial charge is 1.00 e. The first-order valence-corrected chi connectivity index (χ1v) is 14.9. The number of benzene rings is 2. The smallest absolute Gasteiger partial charge is 0.109 e. The molecule has 0 nitrogen and oxygen atoms in total. The molecule has 0 aromatic heterocycles. The van der Waals surface area contributed by atoms with Crippen molar-refractivity contribution in [3.05, 3.63) is 83.0 Å². The van der Waals surface area contributed by atoms with E-state index in [4.69, 9.17) is 0 Å². The second-order valence-electron chi connectivity index (χ2n) is 13.1. The molecule has 0 heterocycles. The van der Waals surface area contributed by atoms with Gasteiger partial charge >= 0.3 is 79.8 Å². The summed E-state index contributed by atoms with van der Waals surface area (Å²) in [5.41, 5.74) is 8.76. The molecule has 2 aliphatic rings. The van der Waals surface area contributed by atoms with Gasteiger partial charge in [0.25, 0.3) is 0 Å². The SMILES string of the molecule is CC(C)(C)c1c[c-]c2c(c1)-c1cc(C(C)(C)C)ccc1C2.CC(C)C[C](=[Zr+2])CC(C)C.[C-]1=CC=CC1.[Cl-].[Cl-]. The van der Waals surface area contributed by atoms with E-state index >= 15 is 0 Å². The molecule has 4 rings (SSSR count). The van der Waals surface area contributed by atoms with Crippen LogP contribution in [0.15, 0.2) is 48.6 Å². The van der Waals surface area contributed by atoms with Gasteiger partial charge in [-0.05, 0) is 17.4 Å². The average molecular weight is 631 g/mol. The Bertz CT molecular complexity index is 993. The van der Waals surface area contributed by atoms with Gasteiger partial charge in [0.05, 0.1) is 0 Å². The van der Waals surface area contributed by atoms with Crippen molar-refractivity contribution in [2.24, 2.45) is 11.8 Å². The van der Waals surface area contributed by atoms with Gasteiger partial charge in [0, 0.05) is 0 Å². The van der Waals surface area contributed by atoms with Crippen LogP contribution in [-0.2, 0) is 41.5 Å². The Balaban J connectivity index is 0.000000676. The van der Waals surface area contributed by atoms with E-state index in [-0.39, 0.29) is 35.6 Å². The van der Waals surface area contributed by atoms with E-state index in [2.05, 4.69) is 118 Å². The molecule has 2 aliphatic carbocycles. The summed E-state index contributed by atoms with van der Waals surface area (Å²) in [5.74, 6) is 1.71. The fourth-order valence-corrected chi connectivity index (χ4v) is 6.40. The van der Waals surface area contributed by atoms with Crippen LogP contribution in [0.2, 0.25) is 0 Å². The number of allylic oxidation sites excluding steroid dienone is 4. The molecule has 208 valence electrons. The third-order valence-corrected chi connectivity index (χ3v) is 7.42. The summed E-state index contributed by atoms with van der Waals surface area (Å²) < 4.78 is 1.75. The molecule has 0 saturated carbocycles. The monoisotopic (exact) mass is 628 g/mol. The summed E-state index contributed by atoms with van der Waals surface area (Å²) in [6, 6.07) is 15.1. The van der Waals surface area contributed by atoms with Crippen LogP contribution in [0.4, 0.5) is 0 Å². The molecular weight excluding hydrogens is 583 g/mol. The van der Waals surface area contributed by atoms with Crippen molar-refractivity contribution in [2.75, 3.05) is 0 Å². The van der Waals surface area contributed by atoms with E-state index in [0.717, 1.165) is 24.7 Å². The van der Waals surface area contributed by atoms with Crippen LogP contribution in [-0.4, -0.2) is 3.21 Å². The van der Waals surface area contributed by atoms with Crippen molar-refractivity contribution < 1.29 is 49.0 Å². The first kappa shape index (κ1) is 37.3. The van der Waals surface area contributed by atoms with Crippen LogP contribution in [0.3, 0.4) is 0 Å². The van der Waals surface area contributed by atoms with Crippen LogP contribution in [0.1, 0.15) is 111 Å². The summed E-state index contributed by atoms with van der Waals surface area (Å²) in [6.45, 7) is 22.8. The van der Waals surface area contributed by atoms with Crippen LogP contribution in [0.5, 0.6) is 0 Å². The van der Waals surface area contributed by atoms with E-state index in [1.165, 1.54) is 46.2 Å². The van der Waals surface area contributed by atoms with Gasteiger partial charge in [-0.15, -0.1) is 12.0 Å². The van der Waals surface area contributed by atoms with E-state index in [1.807, 2.05) is 12.2 Å². The standard InChI is InChI=1S/C21H25.C9H18.C5H5.2ClH.Zr/c1-20(2,3)16-9-7-14-11-15-8-10-17(21(4,5)6)13-19(15)18(14)12-16;1-8(2)6-5-7-9(3)4;1-2-4-5-3-1;;;/h7,9-10,12-13H,11H2,1-6H3;8-9H,6-7H2,1-4H3;1-3H,4H2;2*1H;/q-1;;-1;;;+2/p-2. The zero-order chi connectivity index (χ0) is 27.1. The third-order valence-electron chi connectivity index (χ3n) is 6.42. The second kappa shape index (κ2) is 16.5. The predicted molar refractivity (Wildman–Crippen MR) is 156 cm³/mol. The molecule has 38 heavy (non-hydrogen) atoms. The zero-order valence-electron chi connectivity index (χ0n) is 25.4. The summed E-state index contributed by atoms with van der Waals surface area (Å²) in [7, 11) is 0. The Morgan fingerprint density at radius 1 is 0.842 bits per heavy atom. The van der Waals surface area contributed by atoms with E-state index in [9.17, 15) is 0 Å². The quantitative estimate of drug-likeness (QED) is 0.386. The van der Waals surface area contributed by atoms with Gasteiger partial charge < -0.3 is 24.8 Å². The minimum absolute atomic E-state index is 0. The van der Waals surface area contributed by atoms with Gasteiger partial charge in [-0.3, -0.25) is 6.08 Å². The molecule has 3 heteroatoms. The molecule has 0 saturated heterocycles. The van der Waals surface area contributed by atoms with Crippen molar-refractivity contribution in [2.45, 2.75) is 106 Å². The number of hydrogen-bond acceptors (Lipinski definition) is 0. The minimum atomic E-state index is 0. The Morgan fingerprint density at radius 2 is 1.39 bits per heavy atom. The minimum Gasteiger partial charge on any atom is -1.00 e. The molecule has 0 fully saturated rings. The summed E-state index contributed by atoms with van der Waals surface area (Å²) in [5, 5.41) is 0. The first-order chi connectivity index (χ1) is 16.7. The van der Waals surface area contributed by atoms with Crippen molar-refractivity contribution in [1.82, 2.24) is 0 Å². The van der Waals surface area contributed by atoms with Crippen molar-refractivity contribution in [3.8, 4) is 11.1 Å². The molecule has 0 spiro atoms. The molecular formula is C35H48Cl2Zr-2. The van der Waals surface area contributed by atoms with Crippen molar-refractivity contribution in [3.63, 3.8) is 0 Å². The predicted octanol–water partition coefficient (Wildman–Crippen LogP) is 3.76. The Morgan fingerprint density at radius 3 is 1.82 bits per heavy atom. The molecule has 0 atom stereocenters. The molecule has 0 amide bonds. The fourth-order valence-electron chi connectivity index (χ4n) is 4.39. The van der Waals surface area contributed by atoms with Crippen molar-refractivity contribution >= 4 is 3.21 Å². The summed E-state index contributed by atoms with van der Waals surface area (Å²) >= 11 is 1.65. The van der Waals surface area contributed by atoms with Gasteiger partial charge in [-0.2, -0.15) is 35.4 Å². The Labute approximate surface area is 262 Å². The van der Waals surface area contributed by atoms with Crippen LogP contribution >= 0.6 is 0 Å². The van der Waals surface area contributed by atoms with Gasteiger partial charge in [-0.25, -0.2) is 12.2 Å². The first-order valence-electron chi connectivity index (χ1n) is 13.6. The van der Waals surface area contributed by atoms with Crippen molar-refractivity contribution in [1.29, 1.82) is 0 Å². The van der Waals surface area contributed by atoms with Gasteiger partial charge in [0.1, 0.15) is 0 Å². The maximum Gasteiger partial charge on any atom is -0.109 e. The number of halogens is 2. The van der Waals surface area contributed by atoms with Crippen LogP contribution < -0.4 is 24.8 Å². The molecule has 0 unspecified atom stereocenters. The van der Waals surface area contributed by atoms with Gasteiger partial charge in [0.15, 0.2) is 0 Å². The van der Waals surface area contributed by atoms with Crippen LogP contribution in [0.25, 0.3) is 11.1 Å². The molecule has 0 radical (unpaired) electrons. The summed E-state index contributed by atoms with van der Waals surface area (Å²) in [6.07, 6.45) is 13.7. The third kappa shape index (κ3) is 12.2. The van der Waals surface area contributed by atoms with Gasteiger partial charge in [-0.1, -0.05) is 76.3 Å². The van der Waals surface area contributed by atoms with Crippen LogP contribution in [0, 0.1) is 24.0 Å². The maximum absolute atomic E-state index is 3.53.